The molecule has 0 spiro atoms. The van der Waals surface area contributed by atoms with Crippen LogP contribution in [-0.4, -0.2) is 48.7 Å². The number of rotatable bonds is 7. The molecule has 2 unspecified atom stereocenters. The lowest BCUT2D eigenvalue weighted by atomic mass is 9.84. The van der Waals surface area contributed by atoms with Crippen molar-refractivity contribution in [3.8, 4) is 17.2 Å². The van der Waals surface area contributed by atoms with E-state index in [-0.39, 0.29) is 30.5 Å². The summed E-state index contributed by atoms with van der Waals surface area (Å²) in [7, 11) is 0. The van der Waals surface area contributed by atoms with Crippen LogP contribution in [0.1, 0.15) is 64.1 Å². The highest BCUT2D eigenvalue weighted by Crippen LogP contribution is 2.35. The molecule has 36 heavy (non-hydrogen) atoms. The Morgan fingerprint density at radius 3 is 2.64 bits per heavy atom. The largest absolute Gasteiger partial charge is 0.444 e. The van der Waals surface area contributed by atoms with Crippen molar-refractivity contribution in [2.75, 3.05) is 26.2 Å². The molecule has 0 saturated carbocycles. The average Bonchev–Trinajstić information content (AvgIpc) is 2.85. The molecule has 1 aliphatic heterocycles. The van der Waals surface area contributed by atoms with E-state index in [4.69, 9.17) is 10.00 Å². The number of hydrogen-bond acceptors (Lipinski definition) is 5. The van der Waals surface area contributed by atoms with Gasteiger partial charge in [-0.2, -0.15) is 5.26 Å². The van der Waals surface area contributed by atoms with Crippen molar-refractivity contribution in [2.45, 2.75) is 58.6 Å². The molecule has 2 amide bonds. The number of carbonyl (C=O) groups is 2. The van der Waals surface area contributed by atoms with Crippen molar-refractivity contribution >= 4 is 12.0 Å². The zero-order valence-corrected chi connectivity index (χ0v) is 22.0. The molecule has 7 heteroatoms. The van der Waals surface area contributed by atoms with E-state index in [1.807, 2.05) is 69.3 Å². The zero-order chi connectivity index (χ0) is 26.3. The standard InChI is InChI=1S/C29H38N4O3/c1-20(2)17-25(27(34)32-14-13-30)24-12-7-6-11-23(24)21-9-8-10-22(18-21)26-19-31-15-16-33(26)28(35)36-29(3,4)5/h6-12,18,20,25-26,31H,14-17,19H2,1-5H3,(H,32,34). The second kappa shape index (κ2) is 12.0. The first-order valence-corrected chi connectivity index (χ1v) is 12.6. The molecule has 1 saturated heterocycles. The Kier molecular flexibility index (Phi) is 9.11. The Bertz CT molecular complexity index is 1100. The van der Waals surface area contributed by atoms with Crippen molar-refractivity contribution in [3.63, 3.8) is 0 Å². The van der Waals surface area contributed by atoms with Crippen LogP contribution < -0.4 is 10.6 Å². The molecule has 0 aliphatic carbocycles. The topological polar surface area (TPSA) is 94.5 Å². The fraction of sp³-hybridized carbons (Fsp3) is 0.483. The smallest absolute Gasteiger partial charge is 0.410 e. The number of nitriles is 1. The van der Waals surface area contributed by atoms with Crippen LogP contribution in [0.4, 0.5) is 4.79 Å². The normalized spacial score (nSPS) is 16.8. The van der Waals surface area contributed by atoms with Gasteiger partial charge in [0, 0.05) is 19.6 Å². The van der Waals surface area contributed by atoms with Gasteiger partial charge in [-0.3, -0.25) is 9.69 Å². The number of piperazine rings is 1. The van der Waals surface area contributed by atoms with Crippen LogP contribution in [-0.2, 0) is 9.53 Å². The van der Waals surface area contributed by atoms with Gasteiger partial charge in [0.1, 0.15) is 12.1 Å². The molecule has 192 valence electrons. The van der Waals surface area contributed by atoms with Gasteiger partial charge in [0.05, 0.1) is 18.0 Å². The van der Waals surface area contributed by atoms with Crippen molar-refractivity contribution in [3.05, 3.63) is 59.7 Å². The average molecular weight is 491 g/mol. The van der Waals surface area contributed by atoms with Crippen LogP contribution in [0.3, 0.4) is 0 Å². The Hall–Kier alpha value is -3.37. The van der Waals surface area contributed by atoms with Gasteiger partial charge in [-0.1, -0.05) is 56.3 Å². The van der Waals surface area contributed by atoms with Gasteiger partial charge in [-0.05, 0) is 61.4 Å². The summed E-state index contributed by atoms with van der Waals surface area (Å²) in [6.45, 7) is 11.7. The molecule has 0 radical (unpaired) electrons. The Balaban J connectivity index is 1.98. The Morgan fingerprint density at radius 1 is 1.19 bits per heavy atom. The molecule has 3 rings (SSSR count). The quantitative estimate of drug-likeness (QED) is 0.533. The lowest BCUT2D eigenvalue weighted by Gasteiger charge is -2.37. The Morgan fingerprint density at radius 2 is 1.94 bits per heavy atom. The van der Waals surface area contributed by atoms with Crippen molar-refractivity contribution in [2.24, 2.45) is 5.92 Å². The third-order valence-corrected chi connectivity index (χ3v) is 6.16. The number of benzene rings is 2. The molecule has 7 nitrogen and oxygen atoms in total. The molecular weight excluding hydrogens is 452 g/mol. The summed E-state index contributed by atoms with van der Waals surface area (Å²) in [4.78, 5) is 27.8. The third-order valence-electron chi connectivity index (χ3n) is 6.16. The van der Waals surface area contributed by atoms with Crippen LogP contribution >= 0.6 is 0 Å². The number of hydrogen-bond donors (Lipinski definition) is 2. The van der Waals surface area contributed by atoms with E-state index in [9.17, 15) is 9.59 Å². The summed E-state index contributed by atoms with van der Waals surface area (Å²) in [5.41, 5.74) is 3.34. The van der Waals surface area contributed by atoms with Gasteiger partial charge in [0.2, 0.25) is 5.91 Å². The maximum atomic E-state index is 13.0. The molecule has 1 aliphatic rings. The monoisotopic (exact) mass is 490 g/mol. The zero-order valence-electron chi connectivity index (χ0n) is 22.0. The highest BCUT2D eigenvalue weighted by Gasteiger charge is 2.32. The lowest BCUT2D eigenvalue weighted by molar-refractivity contribution is -0.122. The SMILES string of the molecule is CC(C)CC(C(=O)NCC#N)c1ccccc1-c1cccc(C2CNCCN2C(=O)OC(C)(C)C)c1. The molecule has 2 N–H and O–H groups in total. The first-order chi connectivity index (χ1) is 17.1. The molecule has 1 fully saturated rings. The molecule has 0 bridgehead atoms. The number of nitrogens with one attached hydrogen (secondary N) is 2. The van der Waals surface area contributed by atoms with Crippen LogP contribution in [0.15, 0.2) is 48.5 Å². The highest BCUT2D eigenvalue weighted by molar-refractivity contribution is 5.87. The van der Waals surface area contributed by atoms with Gasteiger partial charge in [0.15, 0.2) is 0 Å². The highest BCUT2D eigenvalue weighted by atomic mass is 16.6. The van der Waals surface area contributed by atoms with Gasteiger partial charge < -0.3 is 15.4 Å². The second-order valence-corrected chi connectivity index (χ2v) is 10.7. The summed E-state index contributed by atoms with van der Waals surface area (Å²) in [5.74, 6) is -0.202. The lowest BCUT2D eigenvalue weighted by Crippen LogP contribution is -2.50. The van der Waals surface area contributed by atoms with Gasteiger partial charge in [-0.15, -0.1) is 0 Å². The fourth-order valence-electron chi connectivity index (χ4n) is 4.61. The fourth-order valence-corrected chi connectivity index (χ4v) is 4.61. The minimum Gasteiger partial charge on any atom is -0.444 e. The van der Waals surface area contributed by atoms with Crippen molar-refractivity contribution in [1.82, 2.24) is 15.5 Å². The van der Waals surface area contributed by atoms with E-state index < -0.39 is 5.60 Å². The Labute approximate surface area is 214 Å². The number of amides is 2. The van der Waals surface area contributed by atoms with E-state index in [0.717, 1.165) is 22.3 Å². The van der Waals surface area contributed by atoms with E-state index in [2.05, 4.69) is 30.5 Å². The number of carbonyl (C=O) groups excluding carboxylic acids is 2. The van der Waals surface area contributed by atoms with E-state index >= 15 is 0 Å². The number of nitrogens with zero attached hydrogens (tertiary/aromatic N) is 2. The van der Waals surface area contributed by atoms with Crippen LogP contribution in [0.2, 0.25) is 0 Å². The van der Waals surface area contributed by atoms with Crippen LogP contribution in [0.25, 0.3) is 11.1 Å². The summed E-state index contributed by atoms with van der Waals surface area (Å²) in [5, 5.41) is 15.1. The summed E-state index contributed by atoms with van der Waals surface area (Å²) < 4.78 is 5.68. The van der Waals surface area contributed by atoms with E-state index in [0.29, 0.717) is 32.0 Å². The van der Waals surface area contributed by atoms with E-state index in [1.165, 1.54) is 0 Å². The molecule has 0 aromatic heterocycles. The summed E-state index contributed by atoms with van der Waals surface area (Å²) in [6, 6.07) is 18.0. The maximum Gasteiger partial charge on any atom is 0.410 e. The maximum absolute atomic E-state index is 13.0. The van der Waals surface area contributed by atoms with Crippen LogP contribution in [0.5, 0.6) is 0 Å². The minimum absolute atomic E-state index is 0.0136. The predicted molar refractivity (Wildman–Crippen MR) is 141 cm³/mol. The first kappa shape index (κ1) is 27.2. The molecule has 1 heterocycles. The van der Waals surface area contributed by atoms with Crippen molar-refractivity contribution < 1.29 is 14.3 Å². The van der Waals surface area contributed by atoms with Crippen LogP contribution in [0, 0.1) is 17.2 Å². The first-order valence-electron chi connectivity index (χ1n) is 12.6. The predicted octanol–water partition coefficient (Wildman–Crippen LogP) is 5.00. The second-order valence-electron chi connectivity index (χ2n) is 10.7. The van der Waals surface area contributed by atoms with Crippen molar-refractivity contribution in [1.29, 1.82) is 5.26 Å². The molecule has 2 atom stereocenters. The minimum atomic E-state index is -0.565. The summed E-state index contributed by atoms with van der Waals surface area (Å²) >= 11 is 0. The van der Waals surface area contributed by atoms with E-state index in [1.54, 1.807) is 4.90 Å². The number of ether oxygens (including phenoxy) is 1. The molecule has 2 aromatic rings. The molecule has 2 aromatic carbocycles. The van der Waals surface area contributed by atoms with Gasteiger partial charge in [-0.25, -0.2) is 4.79 Å². The molecular formula is C29H38N4O3. The third kappa shape index (κ3) is 7.08. The van der Waals surface area contributed by atoms with Gasteiger partial charge in [0.25, 0.3) is 0 Å². The summed E-state index contributed by atoms with van der Waals surface area (Å²) in [6.07, 6.45) is 0.360. The van der Waals surface area contributed by atoms with Gasteiger partial charge >= 0.3 is 6.09 Å².